The Morgan fingerprint density at radius 2 is 1.83 bits per heavy atom. The number of methoxy groups -OCH3 is 1. The van der Waals surface area contributed by atoms with Crippen molar-refractivity contribution in [3.8, 4) is 11.5 Å². The van der Waals surface area contributed by atoms with Crippen molar-refractivity contribution in [3.05, 3.63) is 42.4 Å². The topological polar surface area (TPSA) is 81.0 Å². The van der Waals surface area contributed by atoms with E-state index in [0.29, 0.717) is 48.9 Å². The fraction of sp³-hybridized carbons (Fsp3) is 0.478. The van der Waals surface area contributed by atoms with Crippen LogP contribution in [-0.2, 0) is 4.79 Å². The first-order chi connectivity index (χ1) is 14.6. The van der Waals surface area contributed by atoms with Gasteiger partial charge in [-0.3, -0.25) is 9.59 Å². The molecular formula is C23H28N2O5. The standard InChI is InChI=1S/C23H28N2O5/c1-28-19-9-8-17(15-21(19)30-18-5-2-3-6-18)24-22(26)16-10-12-25(13-11-16)23(27)20-7-4-14-29-20/h4,7-9,14-16,18H,2-3,5-6,10-13H2,1H3,(H,24,26). The molecule has 0 atom stereocenters. The van der Waals surface area contributed by atoms with Crippen LogP contribution in [0.4, 0.5) is 5.69 Å². The van der Waals surface area contributed by atoms with Gasteiger partial charge in [0.1, 0.15) is 0 Å². The molecule has 1 saturated heterocycles. The van der Waals surface area contributed by atoms with E-state index in [4.69, 9.17) is 13.9 Å². The number of nitrogens with one attached hydrogen (secondary N) is 1. The van der Waals surface area contributed by atoms with Crippen LogP contribution in [0.2, 0.25) is 0 Å². The average Bonchev–Trinajstić information content (AvgIpc) is 3.48. The number of hydrogen-bond donors (Lipinski definition) is 1. The number of rotatable bonds is 6. The van der Waals surface area contributed by atoms with E-state index in [1.54, 1.807) is 24.1 Å². The molecule has 2 heterocycles. The zero-order valence-corrected chi connectivity index (χ0v) is 17.3. The van der Waals surface area contributed by atoms with Gasteiger partial charge in [0, 0.05) is 30.8 Å². The Hall–Kier alpha value is -2.96. The number of carbonyl (C=O) groups is 2. The number of piperidine rings is 1. The van der Waals surface area contributed by atoms with Crippen LogP contribution in [0.3, 0.4) is 0 Å². The van der Waals surface area contributed by atoms with Gasteiger partial charge in [-0.25, -0.2) is 0 Å². The molecule has 0 bridgehead atoms. The summed E-state index contributed by atoms with van der Waals surface area (Å²) in [5.41, 5.74) is 0.697. The van der Waals surface area contributed by atoms with Gasteiger partial charge >= 0.3 is 0 Å². The zero-order chi connectivity index (χ0) is 20.9. The summed E-state index contributed by atoms with van der Waals surface area (Å²) in [7, 11) is 1.62. The molecule has 2 aromatic rings. The molecule has 1 saturated carbocycles. The first-order valence-corrected chi connectivity index (χ1v) is 10.6. The number of nitrogens with zero attached hydrogens (tertiary/aromatic N) is 1. The minimum atomic E-state index is -0.132. The van der Waals surface area contributed by atoms with Crippen LogP contribution in [-0.4, -0.2) is 43.0 Å². The molecule has 2 amide bonds. The Labute approximate surface area is 176 Å². The highest BCUT2D eigenvalue weighted by Gasteiger charge is 2.29. The molecule has 0 spiro atoms. The number of benzene rings is 1. The van der Waals surface area contributed by atoms with Crippen molar-refractivity contribution in [3.63, 3.8) is 0 Å². The molecule has 1 aromatic heterocycles. The highest BCUT2D eigenvalue weighted by molar-refractivity contribution is 5.94. The molecule has 7 heteroatoms. The number of carbonyl (C=O) groups excluding carboxylic acids is 2. The van der Waals surface area contributed by atoms with Crippen LogP contribution in [0, 0.1) is 5.92 Å². The summed E-state index contributed by atoms with van der Waals surface area (Å²) >= 11 is 0. The lowest BCUT2D eigenvalue weighted by Crippen LogP contribution is -2.41. The van der Waals surface area contributed by atoms with Crippen molar-refractivity contribution in [1.82, 2.24) is 4.90 Å². The van der Waals surface area contributed by atoms with E-state index in [0.717, 1.165) is 12.8 Å². The monoisotopic (exact) mass is 412 g/mol. The van der Waals surface area contributed by atoms with Crippen molar-refractivity contribution >= 4 is 17.5 Å². The molecule has 2 fully saturated rings. The van der Waals surface area contributed by atoms with E-state index in [1.165, 1.54) is 19.1 Å². The van der Waals surface area contributed by atoms with Crippen LogP contribution >= 0.6 is 0 Å². The van der Waals surface area contributed by atoms with Crippen LogP contribution in [0.15, 0.2) is 41.0 Å². The summed E-state index contributed by atoms with van der Waals surface area (Å²) in [5.74, 6) is 1.39. The Kier molecular flexibility index (Phi) is 6.26. The Bertz CT molecular complexity index is 866. The minimum Gasteiger partial charge on any atom is -0.493 e. The molecule has 0 unspecified atom stereocenters. The third-order valence-electron chi connectivity index (χ3n) is 5.91. The number of amides is 2. The third kappa shape index (κ3) is 4.61. The summed E-state index contributed by atoms with van der Waals surface area (Å²) in [4.78, 5) is 26.9. The average molecular weight is 412 g/mol. The fourth-order valence-corrected chi connectivity index (χ4v) is 4.18. The normalized spacial score (nSPS) is 17.7. The van der Waals surface area contributed by atoms with Crippen LogP contribution in [0.5, 0.6) is 11.5 Å². The van der Waals surface area contributed by atoms with Crippen LogP contribution < -0.4 is 14.8 Å². The second-order valence-corrected chi connectivity index (χ2v) is 7.92. The van der Waals surface area contributed by atoms with Gasteiger partial charge in [-0.15, -0.1) is 0 Å². The summed E-state index contributed by atoms with van der Waals surface area (Å²) in [6, 6.07) is 8.85. The quantitative estimate of drug-likeness (QED) is 0.773. The van der Waals surface area contributed by atoms with E-state index in [9.17, 15) is 9.59 Å². The zero-order valence-electron chi connectivity index (χ0n) is 17.3. The lowest BCUT2D eigenvalue weighted by Gasteiger charge is -2.30. The second kappa shape index (κ2) is 9.24. The number of hydrogen-bond acceptors (Lipinski definition) is 5. The highest BCUT2D eigenvalue weighted by Crippen LogP contribution is 2.34. The van der Waals surface area contributed by atoms with E-state index < -0.39 is 0 Å². The lowest BCUT2D eigenvalue weighted by molar-refractivity contribution is -0.121. The van der Waals surface area contributed by atoms with Crippen LogP contribution in [0.25, 0.3) is 0 Å². The van der Waals surface area contributed by atoms with E-state index in [2.05, 4.69) is 5.32 Å². The number of ether oxygens (including phenoxy) is 2. The number of anilines is 1. The predicted octanol–water partition coefficient (Wildman–Crippen LogP) is 4.10. The molecule has 1 aliphatic heterocycles. The maximum absolute atomic E-state index is 12.8. The molecular weight excluding hydrogens is 384 g/mol. The summed E-state index contributed by atoms with van der Waals surface area (Å²) in [6.45, 7) is 1.08. The Balaban J connectivity index is 1.34. The van der Waals surface area contributed by atoms with Crippen LogP contribution in [0.1, 0.15) is 49.1 Å². The van der Waals surface area contributed by atoms with Gasteiger partial charge in [-0.05, 0) is 62.8 Å². The van der Waals surface area contributed by atoms with Crippen molar-refractivity contribution in [1.29, 1.82) is 0 Å². The van der Waals surface area contributed by atoms with Gasteiger partial charge in [0.25, 0.3) is 5.91 Å². The van der Waals surface area contributed by atoms with Crippen molar-refractivity contribution in [2.75, 3.05) is 25.5 Å². The second-order valence-electron chi connectivity index (χ2n) is 7.92. The smallest absolute Gasteiger partial charge is 0.289 e. The highest BCUT2D eigenvalue weighted by atomic mass is 16.5. The number of likely N-dealkylation sites (tertiary alicyclic amines) is 1. The van der Waals surface area contributed by atoms with Gasteiger partial charge in [-0.1, -0.05) is 0 Å². The molecule has 1 aliphatic carbocycles. The molecule has 30 heavy (non-hydrogen) atoms. The van der Waals surface area contributed by atoms with E-state index >= 15 is 0 Å². The van der Waals surface area contributed by atoms with Gasteiger partial charge in [0.2, 0.25) is 5.91 Å². The molecule has 2 aliphatic rings. The maximum atomic E-state index is 12.8. The third-order valence-corrected chi connectivity index (χ3v) is 5.91. The summed E-state index contributed by atoms with van der Waals surface area (Å²) in [6.07, 6.45) is 7.42. The Morgan fingerprint density at radius 3 is 2.50 bits per heavy atom. The Morgan fingerprint density at radius 1 is 1.07 bits per heavy atom. The van der Waals surface area contributed by atoms with Gasteiger partial charge in [0.05, 0.1) is 19.5 Å². The minimum absolute atomic E-state index is 0.0305. The fourth-order valence-electron chi connectivity index (χ4n) is 4.18. The van der Waals surface area contributed by atoms with Crippen molar-refractivity contribution in [2.45, 2.75) is 44.6 Å². The molecule has 160 valence electrons. The first-order valence-electron chi connectivity index (χ1n) is 10.6. The molecule has 1 N–H and O–H groups in total. The van der Waals surface area contributed by atoms with Gasteiger partial charge in [-0.2, -0.15) is 0 Å². The van der Waals surface area contributed by atoms with Gasteiger partial charge in [0.15, 0.2) is 17.3 Å². The summed E-state index contributed by atoms with van der Waals surface area (Å²) < 4.78 is 16.7. The largest absolute Gasteiger partial charge is 0.493 e. The van der Waals surface area contributed by atoms with Gasteiger partial charge < -0.3 is 24.1 Å². The van der Waals surface area contributed by atoms with E-state index in [-0.39, 0.29) is 23.8 Å². The molecule has 0 radical (unpaired) electrons. The first kappa shape index (κ1) is 20.3. The molecule has 1 aromatic carbocycles. The summed E-state index contributed by atoms with van der Waals surface area (Å²) in [5, 5.41) is 3.00. The van der Waals surface area contributed by atoms with E-state index in [1.807, 2.05) is 18.2 Å². The lowest BCUT2D eigenvalue weighted by atomic mass is 9.95. The predicted molar refractivity (Wildman–Crippen MR) is 112 cm³/mol. The van der Waals surface area contributed by atoms with Crippen molar-refractivity contribution in [2.24, 2.45) is 5.92 Å². The van der Waals surface area contributed by atoms with Crippen molar-refractivity contribution < 1.29 is 23.5 Å². The molecule has 7 nitrogen and oxygen atoms in total. The number of furan rings is 1. The SMILES string of the molecule is COc1ccc(NC(=O)C2CCN(C(=O)c3ccco3)CC2)cc1OC1CCCC1. The maximum Gasteiger partial charge on any atom is 0.289 e. The molecule has 4 rings (SSSR count).